The number of aromatic carboxylic acids is 1. The topological polar surface area (TPSA) is 105 Å². The Hall–Kier alpha value is -2.19. The van der Waals surface area contributed by atoms with Crippen molar-refractivity contribution in [3.8, 4) is 0 Å². The number of nitrogens with zero attached hydrogens (tertiary/aromatic N) is 2. The van der Waals surface area contributed by atoms with Crippen molar-refractivity contribution in [1.29, 1.82) is 0 Å². The normalized spacial score (nSPS) is 10.2. The number of pyridine rings is 1. The number of carbonyl (C=O) groups is 1. The van der Waals surface area contributed by atoms with Crippen LogP contribution < -0.4 is 5.32 Å². The molecule has 0 unspecified atom stereocenters. The zero-order chi connectivity index (χ0) is 15.6. The summed E-state index contributed by atoms with van der Waals surface area (Å²) in [4.78, 5) is 24.8. The van der Waals surface area contributed by atoms with E-state index in [1.54, 1.807) is 18.2 Å². The Morgan fingerprint density at radius 2 is 2.14 bits per heavy atom. The van der Waals surface area contributed by atoms with Gasteiger partial charge in [0.25, 0.3) is 0 Å². The molecule has 2 aromatic rings. The van der Waals surface area contributed by atoms with E-state index < -0.39 is 22.1 Å². The second-order valence-corrected chi connectivity index (χ2v) is 5.16. The van der Waals surface area contributed by atoms with Crippen LogP contribution in [0.25, 0.3) is 0 Å². The molecule has 0 radical (unpaired) electrons. The molecule has 0 aliphatic rings. The Morgan fingerprint density at radius 3 is 2.71 bits per heavy atom. The van der Waals surface area contributed by atoms with Crippen LogP contribution >= 0.6 is 27.5 Å². The van der Waals surface area contributed by atoms with Crippen molar-refractivity contribution in [1.82, 2.24) is 4.98 Å². The highest BCUT2D eigenvalue weighted by molar-refractivity contribution is 9.10. The molecule has 0 atom stereocenters. The molecule has 1 aromatic carbocycles. The van der Waals surface area contributed by atoms with Crippen molar-refractivity contribution in [2.75, 3.05) is 5.32 Å². The molecule has 0 aliphatic carbocycles. The first-order chi connectivity index (χ1) is 9.88. The van der Waals surface area contributed by atoms with Gasteiger partial charge in [-0.3, -0.25) is 10.1 Å². The molecule has 7 nitrogen and oxygen atoms in total. The minimum Gasteiger partial charge on any atom is -0.477 e. The number of carboxylic acids is 1. The molecule has 1 heterocycles. The maximum absolute atomic E-state index is 11.0. The highest BCUT2D eigenvalue weighted by Crippen LogP contribution is 2.28. The first-order valence-corrected chi connectivity index (χ1v) is 6.65. The van der Waals surface area contributed by atoms with Gasteiger partial charge in [0.05, 0.1) is 9.95 Å². The lowest BCUT2D eigenvalue weighted by Crippen LogP contribution is -2.05. The van der Waals surface area contributed by atoms with Crippen molar-refractivity contribution in [2.24, 2.45) is 0 Å². The summed E-state index contributed by atoms with van der Waals surface area (Å²) in [7, 11) is 0. The third kappa shape index (κ3) is 3.47. The molecule has 0 aliphatic heterocycles. The van der Waals surface area contributed by atoms with Gasteiger partial charge in [-0.2, -0.15) is 0 Å². The molecule has 0 saturated heterocycles. The molecule has 0 bridgehead atoms. The van der Waals surface area contributed by atoms with Crippen molar-refractivity contribution < 1.29 is 14.8 Å². The molecule has 0 amide bonds. The summed E-state index contributed by atoms with van der Waals surface area (Å²) in [6, 6.07) is 6.10. The van der Waals surface area contributed by atoms with Gasteiger partial charge in [0.15, 0.2) is 0 Å². The molecule has 0 fully saturated rings. The van der Waals surface area contributed by atoms with Crippen molar-refractivity contribution in [2.45, 2.75) is 0 Å². The second kappa shape index (κ2) is 6.06. The van der Waals surface area contributed by atoms with Crippen molar-refractivity contribution in [3.05, 3.63) is 55.6 Å². The minimum absolute atomic E-state index is 0.163. The van der Waals surface area contributed by atoms with E-state index in [9.17, 15) is 14.9 Å². The summed E-state index contributed by atoms with van der Waals surface area (Å²) >= 11 is 9.18. The van der Waals surface area contributed by atoms with Gasteiger partial charge in [-0.25, -0.2) is 9.78 Å². The monoisotopic (exact) mass is 371 g/mol. The lowest BCUT2D eigenvalue weighted by Gasteiger charge is -2.07. The number of rotatable bonds is 4. The van der Waals surface area contributed by atoms with Gasteiger partial charge in [0.2, 0.25) is 0 Å². The van der Waals surface area contributed by atoms with Gasteiger partial charge in [-0.05, 0) is 34.1 Å². The second-order valence-electron chi connectivity index (χ2n) is 3.90. The van der Waals surface area contributed by atoms with Crippen LogP contribution in [0.4, 0.5) is 17.2 Å². The average Bonchev–Trinajstić information content (AvgIpc) is 2.42. The zero-order valence-electron chi connectivity index (χ0n) is 10.2. The highest BCUT2D eigenvalue weighted by Gasteiger charge is 2.21. The molecule has 2 N–H and O–H groups in total. The maximum atomic E-state index is 11.0. The molecular weight excluding hydrogens is 366 g/mol. The Kier molecular flexibility index (Phi) is 4.39. The highest BCUT2D eigenvalue weighted by atomic mass is 79.9. The number of aromatic nitrogens is 1. The number of nitrogens with one attached hydrogen (secondary N) is 1. The number of halogens is 2. The van der Waals surface area contributed by atoms with Gasteiger partial charge >= 0.3 is 11.7 Å². The Labute approximate surface area is 131 Å². The lowest BCUT2D eigenvalue weighted by molar-refractivity contribution is -0.385. The predicted molar refractivity (Wildman–Crippen MR) is 80.3 cm³/mol. The van der Waals surface area contributed by atoms with E-state index in [4.69, 9.17) is 16.7 Å². The van der Waals surface area contributed by atoms with Gasteiger partial charge in [0, 0.05) is 16.2 Å². The average molecular weight is 373 g/mol. The van der Waals surface area contributed by atoms with E-state index in [1.807, 2.05) is 0 Å². The predicted octanol–water partition coefficient (Wildman–Crippen LogP) is 3.85. The number of benzene rings is 1. The van der Waals surface area contributed by atoms with E-state index >= 15 is 0 Å². The quantitative estimate of drug-likeness (QED) is 0.624. The first-order valence-electron chi connectivity index (χ1n) is 5.48. The molecule has 2 rings (SSSR count). The van der Waals surface area contributed by atoms with Crippen molar-refractivity contribution >= 4 is 50.7 Å². The number of carboxylic acid groups (broad SMARTS) is 1. The van der Waals surface area contributed by atoms with Crippen LogP contribution in [0.15, 0.2) is 34.9 Å². The molecule has 9 heteroatoms. The Balaban J connectivity index is 2.36. The fourth-order valence-electron chi connectivity index (χ4n) is 1.56. The molecule has 0 saturated carbocycles. The minimum atomic E-state index is -1.40. The summed E-state index contributed by atoms with van der Waals surface area (Å²) in [6.07, 6.45) is 0.895. The van der Waals surface area contributed by atoms with Gasteiger partial charge in [0.1, 0.15) is 17.6 Å². The smallest absolute Gasteiger partial charge is 0.342 e. The summed E-state index contributed by atoms with van der Waals surface area (Å²) in [5.41, 5.74) is -0.441. The Bertz CT molecular complexity index is 738. The summed E-state index contributed by atoms with van der Waals surface area (Å²) in [5, 5.41) is 23.0. The molecule has 108 valence electrons. The van der Waals surface area contributed by atoms with Crippen molar-refractivity contribution in [3.63, 3.8) is 0 Å². The standard InChI is InChI=1S/C12H7BrClN3O4/c13-8-2-1-6(3-9(8)14)16-11-4-7(12(18)19)10(5-15-11)17(20)21/h1-5H,(H,15,16)(H,18,19). The summed E-state index contributed by atoms with van der Waals surface area (Å²) in [6.45, 7) is 0. The number of anilines is 2. The van der Waals surface area contributed by atoms with Gasteiger partial charge in [-0.1, -0.05) is 11.6 Å². The summed E-state index contributed by atoms with van der Waals surface area (Å²) < 4.78 is 0.706. The fraction of sp³-hybridized carbons (Fsp3) is 0. The maximum Gasteiger partial charge on any atom is 0.342 e. The third-order valence-corrected chi connectivity index (χ3v) is 3.73. The number of nitro groups is 1. The van der Waals surface area contributed by atoms with E-state index in [0.717, 1.165) is 12.3 Å². The van der Waals surface area contributed by atoms with Gasteiger partial charge in [-0.15, -0.1) is 0 Å². The fourth-order valence-corrected chi connectivity index (χ4v) is 1.98. The van der Waals surface area contributed by atoms with Crippen LogP contribution in [0.3, 0.4) is 0 Å². The molecular formula is C12H7BrClN3O4. The van der Waals surface area contributed by atoms with Crippen LogP contribution in [0.2, 0.25) is 5.02 Å². The number of hydrogen-bond donors (Lipinski definition) is 2. The van der Waals surface area contributed by atoms with E-state index in [-0.39, 0.29) is 5.82 Å². The molecule has 21 heavy (non-hydrogen) atoms. The van der Waals surface area contributed by atoms with Gasteiger partial charge < -0.3 is 10.4 Å². The molecule has 1 aromatic heterocycles. The third-order valence-electron chi connectivity index (χ3n) is 2.50. The van der Waals surface area contributed by atoms with E-state index in [1.165, 1.54) is 0 Å². The largest absolute Gasteiger partial charge is 0.477 e. The molecule has 0 spiro atoms. The van der Waals surface area contributed by atoms with E-state index in [2.05, 4.69) is 26.2 Å². The van der Waals surface area contributed by atoms with E-state index in [0.29, 0.717) is 15.2 Å². The first kappa shape index (κ1) is 15.2. The van der Waals surface area contributed by atoms with Crippen LogP contribution in [0, 0.1) is 10.1 Å². The summed E-state index contributed by atoms with van der Waals surface area (Å²) in [5.74, 6) is -1.24. The van der Waals surface area contributed by atoms with Crippen LogP contribution in [-0.2, 0) is 0 Å². The zero-order valence-corrected chi connectivity index (χ0v) is 12.6. The van der Waals surface area contributed by atoms with Crippen LogP contribution in [0.5, 0.6) is 0 Å². The lowest BCUT2D eigenvalue weighted by atomic mass is 10.2. The number of hydrogen-bond acceptors (Lipinski definition) is 5. The Morgan fingerprint density at radius 1 is 1.43 bits per heavy atom. The SMILES string of the molecule is O=C(O)c1cc(Nc2ccc(Br)c(Cl)c2)ncc1[N+](=O)[O-]. The van der Waals surface area contributed by atoms with Crippen LogP contribution in [-0.4, -0.2) is 21.0 Å². The van der Waals surface area contributed by atoms with Crippen LogP contribution in [0.1, 0.15) is 10.4 Å².